The maximum atomic E-state index is 10.4. The van der Waals surface area contributed by atoms with E-state index in [1.165, 1.54) is 11.8 Å². The van der Waals surface area contributed by atoms with Gasteiger partial charge >= 0.3 is 0 Å². The third kappa shape index (κ3) is 4.12. The first-order valence-corrected chi connectivity index (χ1v) is 8.94. The first-order chi connectivity index (χ1) is 12.1. The molecular formula is C17H17ClN4O2S. The van der Waals surface area contributed by atoms with Gasteiger partial charge in [0.2, 0.25) is 5.16 Å². The van der Waals surface area contributed by atoms with Crippen LogP contribution in [0.4, 0.5) is 0 Å². The van der Waals surface area contributed by atoms with E-state index in [0.717, 1.165) is 16.8 Å². The lowest BCUT2D eigenvalue weighted by molar-refractivity contribution is 0.204. The van der Waals surface area contributed by atoms with Crippen LogP contribution in [0.15, 0.2) is 47.6 Å². The van der Waals surface area contributed by atoms with Crippen molar-refractivity contribution < 1.29 is 9.84 Å². The standard InChI is InChI=1S/C17H17ClN4O2S/c1-11-3-8-16(24-2)14(9-11)22-17(19-20-21-22)25-10-15(23)12-4-6-13(18)7-5-12/h3-9,15,23H,10H2,1-2H3. The molecule has 0 aliphatic rings. The molecule has 8 heteroatoms. The lowest BCUT2D eigenvalue weighted by Crippen LogP contribution is -2.05. The Morgan fingerprint density at radius 2 is 2.00 bits per heavy atom. The minimum Gasteiger partial charge on any atom is -0.494 e. The van der Waals surface area contributed by atoms with Gasteiger partial charge in [-0.1, -0.05) is 41.6 Å². The van der Waals surface area contributed by atoms with E-state index in [1.54, 1.807) is 36.1 Å². The van der Waals surface area contributed by atoms with Crippen molar-refractivity contribution in [2.45, 2.75) is 18.2 Å². The second-order valence-electron chi connectivity index (χ2n) is 5.43. The van der Waals surface area contributed by atoms with Gasteiger partial charge in [0.25, 0.3) is 0 Å². The van der Waals surface area contributed by atoms with Crippen LogP contribution >= 0.6 is 23.4 Å². The summed E-state index contributed by atoms with van der Waals surface area (Å²) in [5.41, 5.74) is 2.63. The zero-order valence-electron chi connectivity index (χ0n) is 13.8. The Labute approximate surface area is 154 Å². The molecule has 3 aromatic rings. The van der Waals surface area contributed by atoms with E-state index in [0.29, 0.717) is 21.7 Å². The number of nitrogens with zero attached hydrogens (tertiary/aromatic N) is 4. The molecule has 0 bridgehead atoms. The molecule has 0 radical (unpaired) electrons. The van der Waals surface area contributed by atoms with Gasteiger partial charge in [0, 0.05) is 10.8 Å². The molecule has 2 aromatic carbocycles. The summed E-state index contributed by atoms with van der Waals surface area (Å²) in [5, 5.41) is 23.4. The number of aryl methyl sites for hydroxylation is 1. The summed E-state index contributed by atoms with van der Waals surface area (Å²) in [5.74, 6) is 1.09. The number of benzene rings is 2. The monoisotopic (exact) mass is 376 g/mol. The van der Waals surface area contributed by atoms with Crippen LogP contribution in [0.25, 0.3) is 5.69 Å². The Balaban J connectivity index is 1.78. The summed E-state index contributed by atoms with van der Waals surface area (Å²) in [6, 6.07) is 12.9. The molecule has 1 heterocycles. The van der Waals surface area contributed by atoms with Crippen LogP contribution in [0, 0.1) is 6.92 Å². The number of rotatable bonds is 6. The lowest BCUT2D eigenvalue weighted by atomic mass is 10.1. The van der Waals surface area contributed by atoms with E-state index in [-0.39, 0.29) is 0 Å². The summed E-state index contributed by atoms with van der Waals surface area (Å²) in [6.45, 7) is 1.99. The van der Waals surface area contributed by atoms with E-state index >= 15 is 0 Å². The third-order valence-corrected chi connectivity index (χ3v) is 4.88. The van der Waals surface area contributed by atoms with Gasteiger partial charge in [-0.15, -0.1) is 5.10 Å². The molecule has 0 saturated carbocycles. The molecule has 1 unspecified atom stereocenters. The van der Waals surface area contributed by atoms with Crippen molar-refractivity contribution in [2.24, 2.45) is 0 Å². The van der Waals surface area contributed by atoms with Crippen molar-refractivity contribution in [3.05, 3.63) is 58.6 Å². The Morgan fingerprint density at radius 3 is 2.72 bits per heavy atom. The first kappa shape index (κ1) is 17.7. The van der Waals surface area contributed by atoms with Crippen molar-refractivity contribution in [2.75, 3.05) is 12.9 Å². The molecule has 25 heavy (non-hydrogen) atoms. The number of hydrogen-bond acceptors (Lipinski definition) is 6. The maximum Gasteiger partial charge on any atom is 0.214 e. The summed E-state index contributed by atoms with van der Waals surface area (Å²) in [4.78, 5) is 0. The third-order valence-electron chi connectivity index (χ3n) is 3.63. The fourth-order valence-electron chi connectivity index (χ4n) is 2.32. The van der Waals surface area contributed by atoms with Gasteiger partial charge in [-0.3, -0.25) is 0 Å². The molecule has 1 N–H and O–H groups in total. The predicted octanol–water partition coefficient (Wildman–Crippen LogP) is 3.46. The molecule has 1 aromatic heterocycles. The highest BCUT2D eigenvalue weighted by Crippen LogP contribution is 2.29. The van der Waals surface area contributed by atoms with Crippen molar-refractivity contribution in [3.8, 4) is 11.4 Å². The van der Waals surface area contributed by atoms with Crippen LogP contribution in [0.1, 0.15) is 17.2 Å². The van der Waals surface area contributed by atoms with Gasteiger partial charge in [0.15, 0.2) is 0 Å². The van der Waals surface area contributed by atoms with E-state index < -0.39 is 6.10 Å². The SMILES string of the molecule is COc1ccc(C)cc1-n1nnnc1SCC(O)c1ccc(Cl)cc1. The topological polar surface area (TPSA) is 73.1 Å². The Morgan fingerprint density at radius 1 is 1.24 bits per heavy atom. The number of hydrogen-bond donors (Lipinski definition) is 1. The molecular weight excluding hydrogens is 360 g/mol. The Hall–Kier alpha value is -2.09. The van der Waals surface area contributed by atoms with E-state index in [9.17, 15) is 5.11 Å². The van der Waals surface area contributed by atoms with Crippen molar-refractivity contribution in [1.29, 1.82) is 0 Å². The molecule has 0 aliphatic carbocycles. The number of aliphatic hydroxyl groups excluding tert-OH is 1. The number of aliphatic hydroxyl groups is 1. The van der Waals surface area contributed by atoms with Crippen LogP contribution in [0.3, 0.4) is 0 Å². The molecule has 0 aliphatic heterocycles. The first-order valence-electron chi connectivity index (χ1n) is 7.58. The summed E-state index contributed by atoms with van der Waals surface area (Å²) in [6.07, 6.45) is -0.646. The van der Waals surface area contributed by atoms with Crippen molar-refractivity contribution >= 4 is 23.4 Å². The van der Waals surface area contributed by atoms with E-state index in [2.05, 4.69) is 15.5 Å². The average molecular weight is 377 g/mol. The van der Waals surface area contributed by atoms with E-state index in [4.69, 9.17) is 16.3 Å². The smallest absolute Gasteiger partial charge is 0.214 e. The summed E-state index contributed by atoms with van der Waals surface area (Å²) >= 11 is 7.25. The highest BCUT2D eigenvalue weighted by atomic mass is 35.5. The largest absolute Gasteiger partial charge is 0.494 e. The number of aromatic nitrogens is 4. The van der Waals surface area contributed by atoms with Crippen LogP contribution in [0.2, 0.25) is 5.02 Å². The minimum absolute atomic E-state index is 0.413. The fourth-order valence-corrected chi connectivity index (χ4v) is 3.30. The number of tetrazole rings is 1. The predicted molar refractivity (Wildman–Crippen MR) is 97.6 cm³/mol. The van der Waals surface area contributed by atoms with Gasteiger partial charge in [0.1, 0.15) is 11.4 Å². The second-order valence-corrected chi connectivity index (χ2v) is 6.85. The quantitative estimate of drug-likeness (QED) is 0.664. The van der Waals surface area contributed by atoms with Gasteiger partial charge in [-0.25, -0.2) is 0 Å². The average Bonchev–Trinajstić information content (AvgIpc) is 3.08. The number of thioether (sulfide) groups is 1. The molecule has 0 saturated heterocycles. The maximum absolute atomic E-state index is 10.4. The zero-order chi connectivity index (χ0) is 17.8. The summed E-state index contributed by atoms with van der Waals surface area (Å²) in [7, 11) is 1.61. The zero-order valence-corrected chi connectivity index (χ0v) is 15.3. The van der Waals surface area contributed by atoms with Gasteiger partial charge in [-0.05, 0) is 52.7 Å². The van der Waals surface area contributed by atoms with Gasteiger partial charge in [-0.2, -0.15) is 4.68 Å². The molecule has 3 rings (SSSR count). The lowest BCUT2D eigenvalue weighted by Gasteiger charge is -2.12. The molecule has 0 fully saturated rings. The van der Waals surface area contributed by atoms with Gasteiger partial charge < -0.3 is 9.84 Å². The number of halogens is 1. The van der Waals surface area contributed by atoms with Crippen molar-refractivity contribution in [1.82, 2.24) is 20.2 Å². The van der Waals surface area contributed by atoms with Crippen LogP contribution < -0.4 is 4.74 Å². The van der Waals surface area contributed by atoms with E-state index in [1.807, 2.05) is 25.1 Å². The Kier molecular flexibility index (Phi) is 5.57. The molecule has 0 spiro atoms. The molecule has 1 atom stereocenters. The highest BCUT2D eigenvalue weighted by Gasteiger charge is 2.16. The van der Waals surface area contributed by atoms with Crippen LogP contribution in [-0.2, 0) is 0 Å². The normalized spacial score (nSPS) is 12.2. The molecule has 0 amide bonds. The Bertz CT molecular complexity index is 854. The van der Waals surface area contributed by atoms with Crippen LogP contribution in [-0.4, -0.2) is 38.2 Å². The molecule has 6 nitrogen and oxygen atoms in total. The minimum atomic E-state index is -0.646. The number of ether oxygens (including phenoxy) is 1. The van der Waals surface area contributed by atoms with Crippen LogP contribution in [0.5, 0.6) is 5.75 Å². The molecule has 130 valence electrons. The number of methoxy groups -OCH3 is 1. The highest BCUT2D eigenvalue weighted by molar-refractivity contribution is 7.99. The second kappa shape index (κ2) is 7.86. The van der Waals surface area contributed by atoms with Crippen molar-refractivity contribution in [3.63, 3.8) is 0 Å². The fraction of sp³-hybridized carbons (Fsp3) is 0.235. The summed E-state index contributed by atoms with van der Waals surface area (Å²) < 4.78 is 7.01. The van der Waals surface area contributed by atoms with Gasteiger partial charge in [0.05, 0.1) is 13.2 Å².